The van der Waals surface area contributed by atoms with Crippen LogP contribution >= 0.6 is 0 Å². The average Bonchev–Trinajstić information content (AvgIpc) is 2.46. The maximum absolute atomic E-state index is 12.1. The highest BCUT2D eigenvalue weighted by Gasteiger charge is 2.26. The summed E-state index contributed by atoms with van der Waals surface area (Å²) in [5.41, 5.74) is 1.11. The summed E-state index contributed by atoms with van der Waals surface area (Å²) in [5, 5.41) is 0. The minimum Gasteiger partial charge on any atom is -0.300 e. The first-order chi connectivity index (χ1) is 9.95. The first kappa shape index (κ1) is 16.1. The Balaban J connectivity index is 1.80. The number of piperidine rings is 1. The Labute approximate surface area is 126 Å². The SMILES string of the molecule is CS(=O)(=O)N1CCCC(CC(=O)CCc2ccncc2)C1. The van der Waals surface area contributed by atoms with Crippen LogP contribution < -0.4 is 0 Å². The lowest BCUT2D eigenvalue weighted by molar-refractivity contribution is -0.120. The molecule has 0 aliphatic carbocycles. The van der Waals surface area contributed by atoms with E-state index in [-0.39, 0.29) is 11.7 Å². The number of aryl methyl sites for hydroxylation is 1. The Morgan fingerprint density at radius 1 is 1.38 bits per heavy atom. The molecule has 0 spiro atoms. The molecule has 5 nitrogen and oxygen atoms in total. The maximum atomic E-state index is 12.1. The number of carbonyl (C=O) groups excluding carboxylic acids is 1. The van der Waals surface area contributed by atoms with Gasteiger partial charge in [0.05, 0.1) is 6.26 Å². The van der Waals surface area contributed by atoms with E-state index in [0.29, 0.717) is 25.9 Å². The molecule has 1 aromatic heterocycles. The fourth-order valence-electron chi connectivity index (χ4n) is 2.75. The summed E-state index contributed by atoms with van der Waals surface area (Å²) < 4.78 is 24.6. The third-order valence-electron chi connectivity index (χ3n) is 3.91. The van der Waals surface area contributed by atoms with Crippen molar-refractivity contribution in [2.75, 3.05) is 19.3 Å². The zero-order chi connectivity index (χ0) is 15.3. The quantitative estimate of drug-likeness (QED) is 0.801. The van der Waals surface area contributed by atoms with Crippen molar-refractivity contribution in [2.45, 2.75) is 32.1 Å². The lowest BCUT2D eigenvalue weighted by Crippen LogP contribution is -2.39. The number of ketones is 1. The number of pyridine rings is 1. The van der Waals surface area contributed by atoms with E-state index < -0.39 is 10.0 Å². The summed E-state index contributed by atoms with van der Waals surface area (Å²) in [7, 11) is -3.13. The van der Waals surface area contributed by atoms with Crippen molar-refractivity contribution in [2.24, 2.45) is 5.92 Å². The molecular weight excluding hydrogens is 288 g/mol. The molecule has 1 atom stereocenters. The van der Waals surface area contributed by atoms with Gasteiger partial charge in [0.25, 0.3) is 0 Å². The van der Waals surface area contributed by atoms with Gasteiger partial charge in [-0.25, -0.2) is 12.7 Å². The van der Waals surface area contributed by atoms with Crippen LogP contribution in [0.1, 0.15) is 31.2 Å². The standard InChI is InChI=1S/C15H22N2O3S/c1-21(19,20)17-10-2-3-14(12-17)11-15(18)5-4-13-6-8-16-9-7-13/h6-9,14H,2-5,10-12H2,1H3. The second-order valence-electron chi connectivity index (χ2n) is 5.73. The Morgan fingerprint density at radius 3 is 2.76 bits per heavy atom. The van der Waals surface area contributed by atoms with Gasteiger partial charge >= 0.3 is 0 Å². The summed E-state index contributed by atoms with van der Waals surface area (Å²) >= 11 is 0. The van der Waals surface area contributed by atoms with E-state index in [9.17, 15) is 13.2 Å². The lowest BCUT2D eigenvalue weighted by atomic mass is 9.92. The summed E-state index contributed by atoms with van der Waals surface area (Å²) in [6, 6.07) is 3.83. The molecule has 1 aliphatic heterocycles. The minimum atomic E-state index is -3.13. The van der Waals surface area contributed by atoms with Gasteiger partial charge in [0.15, 0.2) is 0 Å². The van der Waals surface area contributed by atoms with Crippen LogP contribution in [0.3, 0.4) is 0 Å². The topological polar surface area (TPSA) is 67.3 Å². The average molecular weight is 310 g/mol. The predicted molar refractivity (Wildman–Crippen MR) is 81.3 cm³/mol. The van der Waals surface area contributed by atoms with Crippen LogP contribution in [0.2, 0.25) is 0 Å². The van der Waals surface area contributed by atoms with Gasteiger partial charge in [-0.3, -0.25) is 9.78 Å². The number of nitrogens with zero attached hydrogens (tertiary/aromatic N) is 2. The first-order valence-corrected chi connectivity index (χ1v) is 9.15. The number of aromatic nitrogens is 1. The monoisotopic (exact) mass is 310 g/mol. The zero-order valence-electron chi connectivity index (χ0n) is 12.4. The Bertz CT molecular complexity index is 572. The van der Waals surface area contributed by atoms with Crippen LogP contribution in [0.4, 0.5) is 0 Å². The molecule has 116 valence electrons. The van der Waals surface area contributed by atoms with Gasteiger partial charge in [-0.15, -0.1) is 0 Å². The highest BCUT2D eigenvalue weighted by Crippen LogP contribution is 2.22. The smallest absolute Gasteiger partial charge is 0.211 e. The molecule has 6 heteroatoms. The molecule has 1 fully saturated rings. The number of carbonyl (C=O) groups is 1. The van der Waals surface area contributed by atoms with Crippen LogP contribution in [-0.4, -0.2) is 42.8 Å². The second-order valence-corrected chi connectivity index (χ2v) is 7.71. The van der Waals surface area contributed by atoms with E-state index in [0.717, 1.165) is 24.8 Å². The van der Waals surface area contributed by atoms with Crippen molar-refractivity contribution in [1.29, 1.82) is 0 Å². The van der Waals surface area contributed by atoms with Crippen molar-refractivity contribution in [1.82, 2.24) is 9.29 Å². The van der Waals surface area contributed by atoms with Gasteiger partial charge in [0, 0.05) is 38.3 Å². The summed E-state index contributed by atoms with van der Waals surface area (Å²) in [5.74, 6) is 0.380. The van der Waals surface area contributed by atoms with Crippen LogP contribution in [0.25, 0.3) is 0 Å². The minimum absolute atomic E-state index is 0.165. The third-order valence-corrected chi connectivity index (χ3v) is 5.18. The highest BCUT2D eigenvalue weighted by atomic mass is 32.2. The van der Waals surface area contributed by atoms with Gasteiger partial charge in [-0.05, 0) is 42.9 Å². The molecule has 1 aliphatic rings. The van der Waals surface area contributed by atoms with Crippen molar-refractivity contribution in [3.8, 4) is 0 Å². The van der Waals surface area contributed by atoms with Gasteiger partial charge in [-0.2, -0.15) is 0 Å². The molecule has 0 amide bonds. The molecule has 0 N–H and O–H groups in total. The Hall–Kier alpha value is -1.27. The van der Waals surface area contributed by atoms with Gasteiger partial charge in [-0.1, -0.05) is 0 Å². The molecule has 0 aromatic carbocycles. The number of hydrogen-bond donors (Lipinski definition) is 0. The Morgan fingerprint density at radius 2 is 2.10 bits per heavy atom. The zero-order valence-corrected chi connectivity index (χ0v) is 13.2. The maximum Gasteiger partial charge on any atom is 0.211 e. The Kier molecular flexibility index (Phi) is 5.47. The van der Waals surface area contributed by atoms with Crippen molar-refractivity contribution in [3.63, 3.8) is 0 Å². The van der Waals surface area contributed by atoms with Gasteiger partial charge in [0.2, 0.25) is 10.0 Å². The van der Waals surface area contributed by atoms with Crippen molar-refractivity contribution < 1.29 is 13.2 Å². The number of rotatable bonds is 6. The van der Waals surface area contributed by atoms with E-state index in [1.54, 1.807) is 12.4 Å². The summed E-state index contributed by atoms with van der Waals surface area (Å²) in [4.78, 5) is 16.0. The van der Waals surface area contributed by atoms with Gasteiger partial charge in [0.1, 0.15) is 5.78 Å². The van der Waals surface area contributed by atoms with E-state index >= 15 is 0 Å². The lowest BCUT2D eigenvalue weighted by Gasteiger charge is -2.30. The summed E-state index contributed by atoms with van der Waals surface area (Å²) in [6.07, 6.45) is 8.19. The molecule has 21 heavy (non-hydrogen) atoms. The number of sulfonamides is 1. The van der Waals surface area contributed by atoms with E-state index in [4.69, 9.17) is 0 Å². The number of Topliss-reactive ketones (excluding diaryl/α,β-unsaturated/α-hetero) is 1. The predicted octanol–water partition coefficient (Wildman–Crippen LogP) is 1.65. The van der Waals surface area contributed by atoms with Crippen LogP contribution in [0.5, 0.6) is 0 Å². The molecule has 1 unspecified atom stereocenters. The molecule has 0 bridgehead atoms. The largest absolute Gasteiger partial charge is 0.300 e. The molecule has 0 radical (unpaired) electrons. The third kappa shape index (κ3) is 5.21. The van der Waals surface area contributed by atoms with E-state index in [1.807, 2.05) is 12.1 Å². The molecule has 1 saturated heterocycles. The van der Waals surface area contributed by atoms with Crippen LogP contribution in [-0.2, 0) is 21.2 Å². The molecule has 2 heterocycles. The molecule has 2 rings (SSSR count). The number of hydrogen-bond acceptors (Lipinski definition) is 4. The van der Waals surface area contributed by atoms with E-state index in [2.05, 4.69) is 4.98 Å². The van der Waals surface area contributed by atoms with Crippen molar-refractivity contribution >= 4 is 15.8 Å². The molecule has 1 aromatic rings. The van der Waals surface area contributed by atoms with E-state index in [1.165, 1.54) is 10.6 Å². The van der Waals surface area contributed by atoms with Crippen molar-refractivity contribution in [3.05, 3.63) is 30.1 Å². The normalized spacial score (nSPS) is 20.3. The van der Waals surface area contributed by atoms with Crippen LogP contribution in [0, 0.1) is 5.92 Å². The highest BCUT2D eigenvalue weighted by molar-refractivity contribution is 7.88. The fourth-order valence-corrected chi connectivity index (χ4v) is 3.69. The van der Waals surface area contributed by atoms with Gasteiger partial charge < -0.3 is 0 Å². The first-order valence-electron chi connectivity index (χ1n) is 7.31. The molecular formula is C15H22N2O3S. The fraction of sp³-hybridized carbons (Fsp3) is 0.600. The second kappa shape index (κ2) is 7.13. The molecule has 0 saturated carbocycles. The van der Waals surface area contributed by atoms with Crippen LogP contribution in [0.15, 0.2) is 24.5 Å². The summed E-state index contributed by atoms with van der Waals surface area (Å²) in [6.45, 7) is 1.07.